The first-order valence-corrected chi connectivity index (χ1v) is 10.3. The molecule has 2 atom stereocenters. The van der Waals surface area contributed by atoms with Crippen molar-refractivity contribution in [3.8, 4) is 0 Å². The highest BCUT2D eigenvalue weighted by molar-refractivity contribution is 5.77. The monoisotopic (exact) mass is 405 g/mol. The Balaban J connectivity index is 1.21. The fourth-order valence-corrected chi connectivity index (χ4v) is 4.83. The lowest BCUT2D eigenvalue weighted by molar-refractivity contribution is -0.0783. The Hall–Kier alpha value is -2.36. The maximum Gasteiger partial charge on any atom is 0.407 e. The maximum absolute atomic E-state index is 12.4. The van der Waals surface area contributed by atoms with Crippen molar-refractivity contribution in [2.24, 2.45) is 5.41 Å². The molecule has 1 aromatic rings. The smallest absolute Gasteiger partial charge is 0.407 e. The Morgan fingerprint density at radius 1 is 1.28 bits per heavy atom. The van der Waals surface area contributed by atoms with E-state index < -0.39 is 11.7 Å². The number of carbonyl (C=O) groups excluding carboxylic acids is 2. The van der Waals surface area contributed by atoms with Crippen LogP contribution >= 0.6 is 0 Å². The molecule has 2 aliphatic carbocycles. The molecule has 3 amide bonds. The number of ether oxygens (including phenoxy) is 1. The van der Waals surface area contributed by atoms with Crippen LogP contribution in [0, 0.1) is 5.41 Å². The van der Waals surface area contributed by atoms with Gasteiger partial charge in [0.1, 0.15) is 11.6 Å². The summed E-state index contributed by atoms with van der Waals surface area (Å²) in [6.07, 6.45) is 3.77. The van der Waals surface area contributed by atoms with Crippen LogP contribution in [-0.4, -0.2) is 61.7 Å². The van der Waals surface area contributed by atoms with E-state index in [1.807, 2.05) is 20.8 Å². The van der Waals surface area contributed by atoms with Crippen LogP contribution in [0.25, 0.3) is 0 Å². The van der Waals surface area contributed by atoms with Gasteiger partial charge < -0.3 is 19.4 Å². The Kier molecular flexibility index (Phi) is 3.90. The fraction of sp³-hybridized carbons (Fsp3) is 0.789. The summed E-state index contributed by atoms with van der Waals surface area (Å²) in [5.41, 5.74) is -0.542. The summed E-state index contributed by atoms with van der Waals surface area (Å²) in [4.78, 5) is 25.9. The number of nitrogens with zero attached hydrogens (tertiary/aromatic N) is 4. The van der Waals surface area contributed by atoms with Gasteiger partial charge in [-0.05, 0) is 58.3 Å². The molecule has 29 heavy (non-hydrogen) atoms. The van der Waals surface area contributed by atoms with E-state index in [1.54, 1.807) is 4.90 Å². The number of aromatic nitrogens is 2. The third-order valence-corrected chi connectivity index (χ3v) is 6.63. The van der Waals surface area contributed by atoms with Gasteiger partial charge in [0, 0.05) is 18.5 Å². The molecule has 5 rings (SSSR count). The quantitative estimate of drug-likeness (QED) is 0.741. The first-order chi connectivity index (χ1) is 13.7. The lowest BCUT2D eigenvalue weighted by Crippen LogP contribution is -2.45. The first kappa shape index (κ1) is 18.7. The minimum Gasteiger partial charge on any atom is -0.444 e. The molecule has 10 nitrogen and oxygen atoms in total. The summed E-state index contributed by atoms with van der Waals surface area (Å²) in [5.74, 6) is 1.07. The van der Waals surface area contributed by atoms with Crippen LogP contribution in [0.2, 0.25) is 0 Å². The van der Waals surface area contributed by atoms with Gasteiger partial charge >= 0.3 is 12.1 Å². The number of hydrogen-bond donors (Lipinski definition) is 2. The van der Waals surface area contributed by atoms with Gasteiger partial charge in [-0.1, -0.05) is 0 Å². The third kappa shape index (κ3) is 3.13. The molecule has 0 radical (unpaired) electrons. The Morgan fingerprint density at radius 3 is 2.62 bits per heavy atom. The number of fused-ring (bicyclic) bond motifs is 3. The molecule has 158 valence electrons. The summed E-state index contributed by atoms with van der Waals surface area (Å²) in [7, 11) is 0. The van der Waals surface area contributed by atoms with Crippen molar-refractivity contribution in [1.82, 2.24) is 25.5 Å². The SMILES string of the molecule is CC(C)(C)OC(=O)N[C@H]1C[C@@H](c2nnc(C3CC4(CC4)[C@H]4CN3C(=O)N4O)o2)C1. The summed E-state index contributed by atoms with van der Waals surface area (Å²) < 4.78 is 11.2. The molecule has 2 bridgehead atoms. The normalized spacial score (nSPS) is 32.3. The van der Waals surface area contributed by atoms with Crippen molar-refractivity contribution in [3.05, 3.63) is 11.8 Å². The second-order valence-electron chi connectivity index (χ2n) is 9.87. The molecule has 2 aliphatic heterocycles. The molecule has 3 heterocycles. The summed E-state index contributed by atoms with van der Waals surface area (Å²) in [6, 6.07) is -0.761. The summed E-state index contributed by atoms with van der Waals surface area (Å²) >= 11 is 0. The summed E-state index contributed by atoms with van der Waals surface area (Å²) in [5, 5.41) is 22.3. The minimum absolute atomic E-state index is 0.0182. The van der Waals surface area contributed by atoms with E-state index in [1.165, 1.54) is 0 Å². The highest BCUT2D eigenvalue weighted by Gasteiger charge is 2.63. The first-order valence-electron chi connectivity index (χ1n) is 10.3. The number of hydroxylamine groups is 2. The molecular weight excluding hydrogens is 378 g/mol. The molecule has 1 unspecified atom stereocenters. The second-order valence-corrected chi connectivity index (χ2v) is 9.87. The lowest BCUT2D eigenvalue weighted by atomic mass is 9.80. The van der Waals surface area contributed by atoms with Gasteiger partial charge in [-0.25, -0.2) is 14.7 Å². The van der Waals surface area contributed by atoms with E-state index in [2.05, 4.69) is 15.5 Å². The highest BCUT2D eigenvalue weighted by Crippen LogP contribution is 2.61. The van der Waals surface area contributed by atoms with Crippen LogP contribution in [0.3, 0.4) is 0 Å². The number of carbonyl (C=O) groups is 2. The fourth-order valence-electron chi connectivity index (χ4n) is 4.83. The van der Waals surface area contributed by atoms with Gasteiger partial charge in [0.2, 0.25) is 11.8 Å². The Morgan fingerprint density at radius 2 is 1.97 bits per heavy atom. The molecule has 4 fully saturated rings. The number of amides is 3. The van der Waals surface area contributed by atoms with Crippen molar-refractivity contribution in [1.29, 1.82) is 0 Å². The van der Waals surface area contributed by atoms with Gasteiger partial charge in [0.05, 0.1) is 6.04 Å². The maximum atomic E-state index is 12.4. The van der Waals surface area contributed by atoms with Crippen LogP contribution in [0.4, 0.5) is 9.59 Å². The van der Waals surface area contributed by atoms with Crippen LogP contribution < -0.4 is 5.32 Å². The zero-order valence-electron chi connectivity index (χ0n) is 16.9. The van der Waals surface area contributed by atoms with Crippen molar-refractivity contribution in [2.45, 2.75) is 82.5 Å². The zero-order valence-corrected chi connectivity index (χ0v) is 16.9. The van der Waals surface area contributed by atoms with E-state index in [0.717, 1.165) is 24.3 Å². The predicted molar refractivity (Wildman–Crippen MR) is 98.0 cm³/mol. The molecule has 2 N–H and O–H groups in total. The van der Waals surface area contributed by atoms with Crippen molar-refractivity contribution in [3.63, 3.8) is 0 Å². The van der Waals surface area contributed by atoms with E-state index in [-0.39, 0.29) is 35.5 Å². The van der Waals surface area contributed by atoms with Gasteiger partial charge in [-0.15, -0.1) is 10.2 Å². The highest BCUT2D eigenvalue weighted by atomic mass is 16.6. The van der Waals surface area contributed by atoms with Crippen molar-refractivity contribution < 1.29 is 24.0 Å². The van der Waals surface area contributed by atoms with E-state index in [0.29, 0.717) is 31.2 Å². The topological polar surface area (TPSA) is 121 Å². The standard InChI is InChI=1S/C19H27N5O5/c1-18(2,3)29-16(25)20-11-6-10(7-11)14-21-22-15(28-14)12-8-19(4-5-19)13-9-23(12)17(26)24(13)27/h10-13,27H,4-9H2,1-3H3,(H,20,25)/t10-,11+,12?,13-/m1/s1. The van der Waals surface area contributed by atoms with Gasteiger partial charge in [-0.2, -0.15) is 0 Å². The molecule has 1 spiro atoms. The number of rotatable bonds is 3. The van der Waals surface area contributed by atoms with E-state index >= 15 is 0 Å². The Bertz CT molecular complexity index is 838. The predicted octanol–water partition coefficient (Wildman–Crippen LogP) is 2.56. The number of alkyl carbamates (subject to hydrolysis) is 1. The molecule has 1 aromatic heterocycles. The number of urea groups is 1. The minimum atomic E-state index is -0.524. The average Bonchev–Trinajstić information content (AvgIpc) is 3.09. The average molecular weight is 405 g/mol. The molecule has 2 saturated carbocycles. The van der Waals surface area contributed by atoms with Crippen molar-refractivity contribution in [2.75, 3.05) is 6.54 Å². The molecule has 2 saturated heterocycles. The zero-order chi connectivity index (χ0) is 20.6. The molecule has 0 aromatic carbocycles. The number of piperidine rings is 1. The third-order valence-electron chi connectivity index (χ3n) is 6.63. The molecule has 4 aliphatic rings. The molecule has 10 heteroatoms. The van der Waals surface area contributed by atoms with Gasteiger partial charge in [0.15, 0.2) is 0 Å². The van der Waals surface area contributed by atoms with E-state index in [4.69, 9.17) is 9.15 Å². The van der Waals surface area contributed by atoms with Crippen LogP contribution in [0.5, 0.6) is 0 Å². The number of hydrogen-bond acceptors (Lipinski definition) is 7. The molecular formula is C19H27N5O5. The second kappa shape index (κ2) is 6.07. The van der Waals surface area contributed by atoms with Crippen molar-refractivity contribution >= 4 is 12.1 Å². The largest absolute Gasteiger partial charge is 0.444 e. The van der Waals surface area contributed by atoms with Crippen LogP contribution in [-0.2, 0) is 4.74 Å². The number of nitrogens with one attached hydrogen (secondary N) is 1. The van der Waals surface area contributed by atoms with E-state index in [9.17, 15) is 14.8 Å². The van der Waals surface area contributed by atoms with Gasteiger partial charge in [0.25, 0.3) is 0 Å². The van der Waals surface area contributed by atoms with Crippen LogP contribution in [0.1, 0.15) is 76.6 Å². The Labute approximate surface area is 168 Å². The van der Waals surface area contributed by atoms with Gasteiger partial charge in [-0.3, -0.25) is 5.21 Å². The van der Waals surface area contributed by atoms with Crippen LogP contribution in [0.15, 0.2) is 4.42 Å². The lowest BCUT2D eigenvalue weighted by Gasteiger charge is -2.35. The summed E-state index contributed by atoms with van der Waals surface area (Å²) in [6.45, 7) is 5.99.